The van der Waals surface area contributed by atoms with Gasteiger partial charge in [-0.2, -0.15) is 13.2 Å². The molecule has 1 rings (SSSR count). The molecule has 0 atom stereocenters. The highest BCUT2D eigenvalue weighted by molar-refractivity contribution is 5.06. The van der Waals surface area contributed by atoms with Gasteiger partial charge in [-0.25, -0.2) is 0 Å². The Labute approximate surface area is 99.8 Å². The first-order chi connectivity index (χ1) is 8.03. The van der Waals surface area contributed by atoms with Crippen LogP contribution in [0.25, 0.3) is 0 Å². The van der Waals surface area contributed by atoms with Gasteiger partial charge in [-0.05, 0) is 38.4 Å². The third-order valence-corrected chi connectivity index (χ3v) is 2.63. The van der Waals surface area contributed by atoms with Crippen LogP contribution in [0.3, 0.4) is 0 Å². The van der Waals surface area contributed by atoms with Crippen LogP contribution in [-0.4, -0.2) is 17.3 Å². The van der Waals surface area contributed by atoms with Crippen LogP contribution in [0, 0.1) is 0 Å². The van der Waals surface area contributed by atoms with Crippen LogP contribution >= 0.6 is 0 Å². The molecule has 0 radical (unpaired) electrons. The van der Waals surface area contributed by atoms with E-state index in [0.717, 1.165) is 6.54 Å². The molecule has 0 fully saturated rings. The minimum atomic E-state index is -4.02. The molecule has 0 aliphatic rings. The van der Waals surface area contributed by atoms with Gasteiger partial charge in [0, 0.05) is 31.4 Å². The number of aromatic nitrogens is 1. The number of nitrogens with zero attached hydrogens (tertiary/aromatic N) is 1. The zero-order valence-electron chi connectivity index (χ0n) is 10.1. The van der Waals surface area contributed by atoms with Crippen LogP contribution < -0.4 is 5.32 Å². The second-order valence-electron chi connectivity index (χ2n) is 4.03. The Balaban J connectivity index is 2.09. The van der Waals surface area contributed by atoms with Crippen molar-refractivity contribution in [2.75, 3.05) is 6.54 Å². The summed E-state index contributed by atoms with van der Waals surface area (Å²) in [5.74, 6) is 0. The third kappa shape index (κ3) is 5.77. The van der Waals surface area contributed by atoms with Gasteiger partial charge in [0.1, 0.15) is 0 Å². The van der Waals surface area contributed by atoms with Crippen molar-refractivity contribution in [2.45, 2.75) is 45.5 Å². The number of nitrogens with one attached hydrogen (secondary N) is 1. The maximum atomic E-state index is 11.9. The zero-order valence-corrected chi connectivity index (χ0v) is 10.1. The first kappa shape index (κ1) is 14.1. The Hall–Kier alpha value is -0.970. The maximum Gasteiger partial charge on any atom is 0.389 e. The molecular weight excluding hydrogens is 229 g/mol. The lowest BCUT2D eigenvalue weighted by molar-refractivity contribution is -0.135. The van der Waals surface area contributed by atoms with Gasteiger partial charge < -0.3 is 9.88 Å². The molecule has 0 spiro atoms. The highest BCUT2D eigenvalue weighted by atomic mass is 19.4. The predicted octanol–water partition coefficient (Wildman–Crippen LogP) is 3.33. The van der Waals surface area contributed by atoms with Crippen LogP contribution in [0.2, 0.25) is 0 Å². The van der Waals surface area contributed by atoms with E-state index in [0.29, 0.717) is 19.5 Å². The summed E-state index contributed by atoms with van der Waals surface area (Å²) in [6.07, 6.45) is -1.94. The van der Waals surface area contributed by atoms with Crippen molar-refractivity contribution >= 4 is 0 Å². The first-order valence-electron chi connectivity index (χ1n) is 5.94. The van der Waals surface area contributed by atoms with Gasteiger partial charge in [-0.1, -0.05) is 0 Å². The van der Waals surface area contributed by atoms with Crippen molar-refractivity contribution in [1.82, 2.24) is 9.88 Å². The van der Waals surface area contributed by atoms with E-state index >= 15 is 0 Å². The SMILES string of the molecule is CCn1cccc1CNCCCCC(F)(F)F. The van der Waals surface area contributed by atoms with E-state index < -0.39 is 12.6 Å². The molecule has 0 saturated heterocycles. The molecule has 17 heavy (non-hydrogen) atoms. The molecule has 0 aliphatic heterocycles. The molecule has 0 aliphatic carbocycles. The van der Waals surface area contributed by atoms with Gasteiger partial charge in [-0.3, -0.25) is 0 Å². The van der Waals surface area contributed by atoms with Gasteiger partial charge in [-0.15, -0.1) is 0 Å². The molecule has 1 aromatic rings. The normalized spacial score (nSPS) is 12.0. The molecule has 0 saturated carbocycles. The quantitative estimate of drug-likeness (QED) is 0.732. The second kappa shape index (κ2) is 6.69. The van der Waals surface area contributed by atoms with E-state index in [9.17, 15) is 13.2 Å². The Morgan fingerprint density at radius 2 is 2.06 bits per heavy atom. The molecule has 98 valence electrons. The van der Waals surface area contributed by atoms with E-state index in [1.54, 1.807) is 0 Å². The van der Waals surface area contributed by atoms with Crippen molar-refractivity contribution in [3.63, 3.8) is 0 Å². The minimum absolute atomic E-state index is 0.200. The Bertz CT molecular complexity index is 318. The van der Waals surface area contributed by atoms with E-state index in [4.69, 9.17) is 0 Å². The van der Waals surface area contributed by atoms with Gasteiger partial charge in [0.15, 0.2) is 0 Å². The van der Waals surface area contributed by atoms with Gasteiger partial charge in [0.2, 0.25) is 0 Å². The average molecular weight is 248 g/mol. The van der Waals surface area contributed by atoms with Crippen molar-refractivity contribution in [2.24, 2.45) is 0 Å². The van der Waals surface area contributed by atoms with Gasteiger partial charge >= 0.3 is 6.18 Å². The Morgan fingerprint density at radius 3 is 2.71 bits per heavy atom. The van der Waals surface area contributed by atoms with Gasteiger partial charge in [0.05, 0.1) is 0 Å². The average Bonchev–Trinajstić information content (AvgIpc) is 2.69. The van der Waals surface area contributed by atoms with Crippen LogP contribution in [-0.2, 0) is 13.1 Å². The summed E-state index contributed by atoms with van der Waals surface area (Å²) >= 11 is 0. The summed E-state index contributed by atoms with van der Waals surface area (Å²) in [4.78, 5) is 0. The van der Waals surface area contributed by atoms with Crippen molar-refractivity contribution in [1.29, 1.82) is 0 Å². The highest BCUT2D eigenvalue weighted by Crippen LogP contribution is 2.21. The topological polar surface area (TPSA) is 17.0 Å². The lowest BCUT2D eigenvalue weighted by Gasteiger charge is -2.09. The van der Waals surface area contributed by atoms with E-state index in [1.807, 2.05) is 18.3 Å². The molecule has 0 bridgehead atoms. The van der Waals surface area contributed by atoms with Crippen molar-refractivity contribution in [3.05, 3.63) is 24.0 Å². The van der Waals surface area contributed by atoms with Crippen LogP contribution in [0.15, 0.2) is 18.3 Å². The summed E-state index contributed by atoms with van der Waals surface area (Å²) in [6.45, 7) is 4.32. The largest absolute Gasteiger partial charge is 0.389 e. The summed E-state index contributed by atoms with van der Waals surface area (Å²) in [5, 5.41) is 3.16. The van der Waals surface area contributed by atoms with E-state index in [1.165, 1.54) is 5.69 Å². The summed E-state index contributed by atoms with van der Waals surface area (Å²) in [6, 6.07) is 4.00. The van der Waals surface area contributed by atoms with Crippen molar-refractivity contribution < 1.29 is 13.2 Å². The Morgan fingerprint density at radius 1 is 1.29 bits per heavy atom. The van der Waals surface area contributed by atoms with Crippen LogP contribution in [0.5, 0.6) is 0 Å². The number of hydrogen-bond acceptors (Lipinski definition) is 1. The van der Waals surface area contributed by atoms with Gasteiger partial charge in [0.25, 0.3) is 0 Å². The first-order valence-corrected chi connectivity index (χ1v) is 5.94. The standard InChI is InChI=1S/C12H19F3N2/c1-2-17-9-5-6-11(17)10-16-8-4-3-7-12(13,14)15/h5-6,9,16H,2-4,7-8,10H2,1H3. The number of halogens is 3. The molecule has 1 aromatic heterocycles. The Kier molecular flexibility index (Phi) is 5.55. The number of rotatable bonds is 7. The van der Waals surface area contributed by atoms with Crippen LogP contribution in [0.1, 0.15) is 31.9 Å². The molecule has 1 heterocycles. The lowest BCUT2D eigenvalue weighted by atomic mass is 10.2. The smallest absolute Gasteiger partial charge is 0.351 e. The molecule has 0 unspecified atom stereocenters. The molecule has 5 heteroatoms. The molecule has 0 amide bonds. The molecule has 2 nitrogen and oxygen atoms in total. The highest BCUT2D eigenvalue weighted by Gasteiger charge is 2.25. The number of alkyl halides is 3. The van der Waals surface area contributed by atoms with E-state index in [-0.39, 0.29) is 6.42 Å². The molecular formula is C12H19F3N2. The minimum Gasteiger partial charge on any atom is -0.351 e. The van der Waals surface area contributed by atoms with Crippen molar-refractivity contribution in [3.8, 4) is 0 Å². The predicted molar refractivity (Wildman–Crippen MR) is 61.7 cm³/mol. The summed E-state index contributed by atoms with van der Waals surface area (Å²) in [5.41, 5.74) is 1.17. The fourth-order valence-electron chi connectivity index (χ4n) is 1.71. The fourth-order valence-corrected chi connectivity index (χ4v) is 1.71. The molecule has 0 aromatic carbocycles. The van der Waals surface area contributed by atoms with Crippen LogP contribution in [0.4, 0.5) is 13.2 Å². The number of aryl methyl sites for hydroxylation is 1. The van der Waals surface area contributed by atoms with E-state index in [2.05, 4.69) is 16.8 Å². The lowest BCUT2D eigenvalue weighted by Crippen LogP contribution is -2.17. The maximum absolute atomic E-state index is 11.9. The fraction of sp³-hybridized carbons (Fsp3) is 0.667. The third-order valence-electron chi connectivity index (χ3n) is 2.63. The summed E-state index contributed by atoms with van der Waals surface area (Å²) < 4.78 is 37.7. The summed E-state index contributed by atoms with van der Waals surface area (Å²) in [7, 11) is 0. The number of hydrogen-bond donors (Lipinski definition) is 1. The number of unbranched alkanes of at least 4 members (excludes halogenated alkanes) is 1. The monoisotopic (exact) mass is 248 g/mol. The second-order valence-corrected chi connectivity index (χ2v) is 4.03. The molecule has 1 N–H and O–H groups in total. The zero-order chi connectivity index (χ0) is 12.7.